The second-order valence-corrected chi connectivity index (χ2v) is 6.34. The van der Waals surface area contributed by atoms with Crippen LogP contribution >= 0.6 is 0 Å². The minimum Gasteiger partial charge on any atom is -0.444 e. The summed E-state index contributed by atoms with van der Waals surface area (Å²) >= 11 is 0. The van der Waals surface area contributed by atoms with Crippen LogP contribution in [0.3, 0.4) is 0 Å². The summed E-state index contributed by atoms with van der Waals surface area (Å²) in [5, 5.41) is 9.91. The Morgan fingerprint density at radius 1 is 1.41 bits per heavy atom. The Morgan fingerprint density at radius 2 is 2.00 bits per heavy atom. The molecule has 0 aromatic heterocycles. The number of rotatable bonds is 2. The number of carbonyl (C=O) groups excluding carboxylic acids is 1. The van der Waals surface area contributed by atoms with Gasteiger partial charge >= 0.3 is 6.09 Å². The van der Waals surface area contributed by atoms with Crippen LogP contribution in [0.1, 0.15) is 41.0 Å². The molecule has 0 aliphatic carbocycles. The number of hydrogen-bond acceptors (Lipinski definition) is 3. The monoisotopic (exact) mass is 243 g/mol. The van der Waals surface area contributed by atoms with Crippen molar-refractivity contribution in [1.29, 1.82) is 0 Å². The first-order valence-corrected chi connectivity index (χ1v) is 6.35. The van der Waals surface area contributed by atoms with Gasteiger partial charge in [0.2, 0.25) is 0 Å². The predicted octanol–water partition coefficient (Wildman–Crippen LogP) is 2.26. The fraction of sp³-hybridized carbons (Fsp3) is 0.923. The van der Waals surface area contributed by atoms with E-state index in [1.54, 1.807) is 4.90 Å². The first kappa shape index (κ1) is 14.3. The molecular formula is C13H25NO3. The summed E-state index contributed by atoms with van der Waals surface area (Å²) in [4.78, 5) is 13.4. The minimum atomic E-state index is -0.474. The maximum atomic E-state index is 11.8. The summed E-state index contributed by atoms with van der Waals surface area (Å²) < 4.78 is 5.30. The van der Waals surface area contributed by atoms with Crippen molar-refractivity contribution < 1.29 is 14.6 Å². The average molecular weight is 243 g/mol. The average Bonchev–Trinajstić information content (AvgIpc) is 2.44. The first-order chi connectivity index (χ1) is 7.69. The van der Waals surface area contributed by atoms with Crippen molar-refractivity contribution in [2.24, 2.45) is 11.8 Å². The van der Waals surface area contributed by atoms with Crippen LogP contribution in [0.5, 0.6) is 0 Å². The highest BCUT2D eigenvalue weighted by Gasteiger charge is 2.36. The third-order valence-electron chi connectivity index (χ3n) is 2.83. The van der Waals surface area contributed by atoms with Crippen molar-refractivity contribution in [3.63, 3.8) is 0 Å². The third-order valence-corrected chi connectivity index (χ3v) is 2.83. The largest absolute Gasteiger partial charge is 0.444 e. The molecule has 1 amide bonds. The molecule has 0 radical (unpaired) electrons. The molecule has 1 heterocycles. The van der Waals surface area contributed by atoms with E-state index in [1.165, 1.54) is 0 Å². The molecule has 1 aliphatic heterocycles. The van der Waals surface area contributed by atoms with Gasteiger partial charge in [-0.3, -0.25) is 0 Å². The van der Waals surface area contributed by atoms with Crippen LogP contribution in [0.4, 0.5) is 4.79 Å². The Morgan fingerprint density at radius 3 is 2.47 bits per heavy atom. The molecule has 17 heavy (non-hydrogen) atoms. The van der Waals surface area contributed by atoms with Crippen LogP contribution in [-0.2, 0) is 4.74 Å². The number of nitrogens with zero attached hydrogens (tertiary/aromatic N) is 1. The lowest BCUT2D eigenvalue weighted by Crippen LogP contribution is -2.35. The number of carbonyl (C=O) groups is 1. The van der Waals surface area contributed by atoms with Crippen molar-refractivity contribution in [3.8, 4) is 0 Å². The number of aliphatic hydroxyl groups excluding tert-OH is 1. The van der Waals surface area contributed by atoms with E-state index in [2.05, 4.69) is 13.8 Å². The van der Waals surface area contributed by atoms with Gasteiger partial charge in [0.25, 0.3) is 0 Å². The predicted molar refractivity (Wildman–Crippen MR) is 66.8 cm³/mol. The van der Waals surface area contributed by atoms with Crippen LogP contribution < -0.4 is 0 Å². The van der Waals surface area contributed by atoms with Gasteiger partial charge < -0.3 is 14.7 Å². The molecule has 1 aliphatic rings. The molecule has 1 saturated heterocycles. The molecule has 0 spiro atoms. The summed E-state index contributed by atoms with van der Waals surface area (Å²) in [6.45, 7) is 10.8. The van der Waals surface area contributed by atoms with Crippen LogP contribution in [-0.4, -0.2) is 40.9 Å². The summed E-state index contributed by atoms with van der Waals surface area (Å²) in [6, 6.07) is 0. The normalized spacial score (nSPS) is 25.5. The zero-order valence-corrected chi connectivity index (χ0v) is 11.6. The van der Waals surface area contributed by atoms with E-state index in [1.807, 2.05) is 20.8 Å². The Kier molecular flexibility index (Phi) is 4.42. The molecule has 0 bridgehead atoms. The first-order valence-electron chi connectivity index (χ1n) is 6.35. The van der Waals surface area contributed by atoms with Gasteiger partial charge in [-0.2, -0.15) is 0 Å². The van der Waals surface area contributed by atoms with E-state index >= 15 is 0 Å². The zero-order chi connectivity index (χ0) is 13.2. The van der Waals surface area contributed by atoms with Gasteiger partial charge in [0.1, 0.15) is 5.60 Å². The van der Waals surface area contributed by atoms with Crippen molar-refractivity contribution >= 4 is 6.09 Å². The van der Waals surface area contributed by atoms with Gasteiger partial charge in [0.15, 0.2) is 0 Å². The Bertz CT molecular complexity index is 270. The number of amides is 1. The summed E-state index contributed by atoms with van der Waals surface area (Å²) in [6.07, 6.45) is 0.216. The van der Waals surface area contributed by atoms with Gasteiger partial charge in [0.05, 0.1) is 12.6 Å². The van der Waals surface area contributed by atoms with E-state index < -0.39 is 11.7 Å². The van der Waals surface area contributed by atoms with Gasteiger partial charge in [-0.25, -0.2) is 4.79 Å². The Labute approximate surface area is 104 Å². The highest BCUT2D eigenvalue weighted by atomic mass is 16.6. The van der Waals surface area contributed by atoms with Crippen molar-refractivity contribution in [2.75, 3.05) is 13.1 Å². The number of aliphatic hydroxyl groups is 1. The standard InChI is InChI=1S/C13H25NO3/c1-9(2)6-10-7-14(8-11(10)15)12(16)17-13(3,4)5/h9-11,15H,6-8H2,1-5H3/t10-,11-/m1/s1. The van der Waals surface area contributed by atoms with Gasteiger partial charge in [0, 0.05) is 12.5 Å². The van der Waals surface area contributed by atoms with E-state index in [4.69, 9.17) is 4.74 Å². The summed E-state index contributed by atoms with van der Waals surface area (Å²) in [5.74, 6) is 0.718. The SMILES string of the molecule is CC(C)C[C@@H]1CN(C(=O)OC(C)(C)C)C[C@H]1O. The summed E-state index contributed by atoms with van der Waals surface area (Å²) in [5.41, 5.74) is -0.474. The Balaban J connectivity index is 2.51. The van der Waals surface area contributed by atoms with Gasteiger partial charge in [-0.1, -0.05) is 13.8 Å². The van der Waals surface area contributed by atoms with Gasteiger partial charge in [-0.05, 0) is 33.1 Å². The fourth-order valence-corrected chi connectivity index (χ4v) is 2.17. The minimum absolute atomic E-state index is 0.183. The number of hydrogen-bond donors (Lipinski definition) is 1. The molecule has 0 unspecified atom stereocenters. The number of likely N-dealkylation sites (tertiary alicyclic amines) is 1. The molecule has 4 heteroatoms. The van der Waals surface area contributed by atoms with Crippen molar-refractivity contribution in [2.45, 2.75) is 52.7 Å². The molecule has 0 saturated carbocycles. The number of β-amino-alcohol motifs (C(OH)–C–C–N with tert-alkyl or cyclic N) is 1. The highest BCUT2D eigenvalue weighted by Crippen LogP contribution is 2.25. The van der Waals surface area contributed by atoms with Crippen molar-refractivity contribution in [1.82, 2.24) is 4.90 Å². The molecule has 0 aromatic rings. The van der Waals surface area contributed by atoms with E-state index in [0.29, 0.717) is 19.0 Å². The van der Waals surface area contributed by atoms with Crippen LogP contribution in [0, 0.1) is 11.8 Å². The van der Waals surface area contributed by atoms with Crippen LogP contribution in [0.25, 0.3) is 0 Å². The van der Waals surface area contributed by atoms with E-state index in [0.717, 1.165) is 6.42 Å². The lowest BCUT2D eigenvalue weighted by atomic mass is 9.95. The van der Waals surface area contributed by atoms with E-state index in [-0.39, 0.29) is 12.0 Å². The quantitative estimate of drug-likeness (QED) is 0.809. The molecule has 1 rings (SSSR count). The third kappa shape index (κ3) is 4.54. The fourth-order valence-electron chi connectivity index (χ4n) is 2.17. The molecule has 4 nitrogen and oxygen atoms in total. The molecule has 0 aromatic carbocycles. The zero-order valence-electron chi connectivity index (χ0n) is 11.6. The maximum Gasteiger partial charge on any atom is 0.410 e. The molecule has 100 valence electrons. The Hall–Kier alpha value is -0.770. The van der Waals surface area contributed by atoms with E-state index in [9.17, 15) is 9.90 Å². The second-order valence-electron chi connectivity index (χ2n) is 6.34. The highest BCUT2D eigenvalue weighted by molar-refractivity contribution is 5.68. The number of ether oxygens (including phenoxy) is 1. The lowest BCUT2D eigenvalue weighted by Gasteiger charge is -2.24. The molecular weight excluding hydrogens is 218 g/mol. The molecule has 1 fully saturated rings. The molecule has 1 N–H and O–H groups in total. The van der Waals surface area contributed by atoms with Crippen LogP contribution in [0.15, 0.2) is 0 Å². The summed E-state index contributed by atoms with van der Waals surface area (Å²) in [7, 11) is 0. The van der Waals surface area contributed by atoms with Crippen molar-refractivity contribution in [3.05, 3.63) is 0 Å². The molecule has 2 atom stereocenters. The topological polar surface area (TPSA) is 49.8 Å². The smallest absolute Gasteiger partial charge is 0.410 e. The maximum absolute atomic E-state index is 11.8. The van der Waals surface area contributed by atoms with Gasteiger partial charge in [-0.15, -0.1) is 0 Å². The second kappa shape index (κ2) is 5.25. The lowest BCUT2D eigenvalue weighted by molar-refractivity contribution is 0.0269. The van der Waals surface area contributed by atoms with Crippen LogP contribution in [0.2, 0.25) is 0 Å².